The van der Waals surface area contributed by atoms with Crippen LogP contribution < -0.4 is 15.0 Å². The van der Waals surface area contributed by atoms with Crippen LogP contribution in [-0.4, -0.2) is 57.5 Å². The van der Waals surface area contributed by atoms with Crippen LogP contribution >= 0.6 is 11.8 Å². The molecular weight excluding hydrogens is 642 g/mol. The summed E-state index contributed by atoms with van der Waals surface area (Å²) in [7, 11) is 0.914. The molecule has 1 aliphatic heterocycles. The molecule has 3 aromatic carbocycles. The maximum absolute atomic E-state index is 13.7. The summed E-state index contributed by atoms with van der Waals surface area (Å²) in [5.74, 6) is -1.07. The van der Waals surface area contributed by atoms with E-state index in [1.807, 2.05) is 0 Å². The van der Waals surface area contributed by atoms with E-state index in [-0.39, 0.29) is 27.9 Å². The van der Waals surface area contributed by atoms with Gasteiger partial charge in [0, 0.05) is 23.9 Å². The molecule has 0 radical (unpaired) electrons. The van der Waals surface area contributed by atoms with Crippen molar-refractivity contribution < 1.29 is 45.4 Å². The number of ether oxygens (including phenoxy) is 2. The Morgan fingerprint density at radius 2 is 1.72 bits per heavy atom. The molecule has 4 aromatic rings. The molecule has 0 spiro atoms. The first-order valence-corrected chi connectivity index (χ1v) is 14.1. The van der Waals surface area contributed by atoms with E-state index < -0.39 is 30.6 Å². The van der Waals surface area contributed by atoms with Crippen LogP contribution in [-0.2, 0) is 9.53 Å². The molecule has 1 N–H and O–H groups in total. The predicted octanol–water partition coefficient (Wildman–Crippen LogP) is 7.06. The zero-order chi connectivity index (χ0) is 33.2. The standard InChI is InChI=1S/C29H22F6N6O4S/c1-16-3-12-21(25(44-2)28(30,31)32)23(13-16)41-24(42)15-46-27(41)37-26(43)36-18-6-4-17(5-7-18)22-14-40(39-38-22)19-8-10-20(11-9-19)45-29(33,34)35/h3-14,25H,15H2,1-2H3,(H,36,43)/b37-27-. The highest BCUT2D eigenvalue weighted by atomic mass is 32.2. The lowest BCUT2D eigenvalue weighted by Gasteiger charge is -2.26. The molecule has 46 heavy (non-hydrogen) atoms. The molecule has 1 fully saturated rings. The van der Waals surface area contributed by atoms with Crippen LogP contribution in [0.15, 0.2) is 77.9 Å². The van der Waals surface area contributed by atoms with Gasteiger partial charge in [0.15, 0.2) is 11.3 Å². The van der Waals surface area contributed by atoms with Crippen LogP contribution in [0.5, 0.6) is 5.75 Å². The van der Waals surface area contributed by atoms with Gasteiger partial charge in [-0.2, -0.15) is 18.2 Å². The number of thioether (sulfide) groups is 1. The first-order valence-electron chi connectivity index (χ1n) is 13.2. The third-order valence-electron chi connectivity index (χ3n) is 6.47. The lowest BCUT2D eigenvalue weighted by atomic mass is 10.0. The summed E-state index contributed by atoms with van der Waals surface area (Å²) in [6, 6.07) is 14.6. The first kappa shape index (κ1) is 32.5. The fourth-order valence-corrected chi connectivity index (χ4v) is 5.33. The summed E-state index contributed by atoms with van der Waals surface area (Å²) in [4.78, 5) is 30.5. The fraction of sp³-hybridized carbons (Fsp3) is 0.207. The highest BCUT2D eigenvalue weighted by Gasteiger charge is 2.44. The Hall–Kier alpha value is -4.90. The van der Waals surface area contributed by atoms with Crippen molar-refractivity contribution in [3.63, 3.8) is 0 Å². The van der Waals surface area contributed by atoms with Crippen molar-refractivity contribution in [1.82, 2.24) is 15.0 Å². The van der Waals surface area contributed by atoms with E-state index in [0.29, 0.717) is 28.2 Å². The molecule has 1 saturated heterocycles. The van der Waals surface area contributed by atoms with Gasteiger partial charge in [0.05, 0.1) is 23.3 Å². The number of aryl methyl sites for hydroxylation is 1. The van der Waals surface area contributed by atoms with Crippen molar-refractivity contribution in [3.05, 3.63) is 84.1 Å². The van der Waals surface area contributed by atoms with E-state index in [1.165, 1.54) is 35.0 Å². The average Bonchev–Trinajstić information content (AvgIpc) is 3.60. The van der Waals surface area contributed by atoms with Crippen molar-refractivity contribution >= 4 is 40.2 Å². The number of aliphatic imine (C=N–C) groups is 1. The number of benzene rings is 3. The van der Waals surface area contributed by atoms with Gasteiger partial charge in [-0.3, -0.25) is 9.69 Å². The van der Waals surface area contributed by atoms with Gasteiger partial charge >= 0.3 is 18.6 Å². The minimum Gasteiger partial charge on any atom is -0.406 e. The van der Waals surface area contributed by atoms with E-state index >= 15 is 0 Å². The van der Waals surface area contributed by atoms with E-state index in [4.69, 9.17) is 4.74 Å². The maximum Gasteiger partial charge on any atom is 0.573 e. The SMILES string of the molecule is COC(c1ccc(C)cc1N1C(=O)CS/C1=N\C(=O)Nc1ccc(-c2cn(-c3ccc(OC(F)(F)F)cc3)nn2)cc1)C(F)(F)F. The summed E-state index contributed by atoms with van der Waals surface area (Å²) in [5.41, 5.74) is 1.96. The zero-order valence-corrected chi connectivity index (χ0v) is 24.6. The highest BCUT2D eigenvalue weighted by Crippen LogP contribution is 2.42. The summed E-state index contributed by atoms with van der Waals surface area (Å²) in [5, 5.41) is 10.5. The van der Waals surface area contributed by atoms with Crippen molar-refractivity contribution in [1.29, 1.82) is 0 Å². The number of urea groups is 1. The van der Waals surface area contributed by atoms with Crippen molar-refractivity contribution in [2.75, 3.05) is 23.1 Å². The third kappa shape index (κ3) is 7.48. The summed E-state index contributed by atoms with van der Waals surface area (Å²) in [6.45, 7) is 1.65. The van der Waals surface area contributed by atoms with Crippen LogP contribution in [0.25, 0.3) is 16.9 Å². The largest absolute Gasteiger partial charge is 0.573 e. The Kier molecular flexibility index (Phi) is 9.07. The summed E-state index contributed by atoms with van der Waals surface area (Å²) >= 11 is 0.906. The lowest BCUT2D eigenvalue weighted by molar-refractivity contribution is -0.274. The summed E-state index contributed by atoms with van der Waals surface area (Å²) in [6.07, 6.45) is -10.3. The van der Waals surface area contributed by atoms with Gasteiger partial charge in [-0.05, 0) is 55.0 Å². The number of halogens is 6. The third-order valence-corrected chi connectivity index (χ3v) is 7.39. The molecule has 3 amide bonds. The van der Waals surface area contributed by atoms with Crippen LogP contribution in [0.4, 0.5) is 42.5 Å². The molecule has 1 aliphatic rings. The Labute approximate surface area is 261 Å². The van der Waals surface area contributed by atoms with Crippen molar-refractivity contribution in [3.8, 4) is 22.7 Å². The number of methoxy groups -OCH3 is 1. The van der Waals surface area contributed by atoms with Crippen molar-refractivity contribution in [2.45, 2.75) is 25.6 Å². The molecular formula is C29H22F6N6O4S. The number of hydrogen-bond donors (Lipinski definition) is 1. The number of amidine groups is 1. The molecule has 10 nitrogen and oxygen atoms in total. The molecule has 1 aromatic heterocycles. The normalized spacial score (nSPS) is 15.3. The number of nitrogens with one attached hydrogen (secondary N) is 1. The zero-order valence-electron chi connectivity index (χ0n) is 23.8. The number of carbonyl (C=O) groups excluding carboxylic acids is 2. The molecule has 0 saturated carbocycles. The van der Waals surface area contributed by atoms with Crippen LogP contribution in [0, 0.1) is 6.92 Å². The number of anilines is 2. The number of carbonyl (C=O) groups is 2. The first-order chi connectivity index (χ1) is 21.7. The second-order valence-corrected chi connectivity index (χ2v) is 10.7. The van der Waals surface area contributed by atoms with E-state index in [1.54, 1.807) is 37.4 Å². The van der Waals surface area contributed by atoms with Crippen LogP contribution in [0.2, 0.25) is 0 Å². The average molecular weight is 665 g/mol. The number of hydrogen-bond acceptors (Lipinski definition) is 7. The predicted molar refractivity (Wildman–Crippen MR) is 157 cm³/mol. The maximum atomic E-state index is 13.7. The molecule has 1 atom stereocenters. The molecule has 2 heterocycles. The Morgan fingerprint density at radius 3 is 2.35 bits per heavy atom. The molecule has 17 heteroatoms. The van der Waals surface area contributed by atoms with Crippen LogP contribution in [0.3, 0.4) is 0 Å². The number of nitrogens with zero attached hydrogens (tertiary/aromatic N) is 5. The minimum absolute atomic E-state index is 0.0892. The van der Waals surface area contributed by atoms with Gasteiger partial charge in [-0.25, -0.2) is 9.48 Å². The Bertz CT molecular complexity index is 1770. The monoisotopic (exact) mass is 664 g/mol. The smallest absolute Gasteiger partial charge is 0.406 e. The quantitative estimate of drug-likeness (QED) is 0.211. The second-order valence-electron chi connectivity index (χ2n) is 9.73. The van der Waals surface area contributed by atoms with Crippen LogP contribution in [0.1, 0.15) is 17.2 Å². The Morgan fingerprint density at radius 1 is 1.02 bits per heavy atom. The minimum atomic E-state index is -4.81. The van der Waals surface area contributed by atoms with E-state index in [2.05, 4.69) is 25.4 Å². The second kappa shape index (κ2) is 12.8. The topological polar surface area (TPSA) is 111 Å². The molecule has 5 rings (SSSR count). The van der Waals surface area contributed by atoms with Gasteiger partial charge in [0.2, 0.25) is 5.91 Å². The fourth-order valence-electron chi connectivity index (χ4n) is 4.47. The van der Waals surface area contributed by atoms with Gasteiger partial charge in [0.25, 0.3) is 0 Å². The Balaban J connectivity index is 1.30. The molecule has 0 aliphatic carbocycles. The van der Waals surface area contributed by atoms with E-state index in [0.717, 1.165) is 35.9 Å². The van der Waals surface area contributed by atoms with Crippen molar-refractivity contribution in [2.24, 2.45) is 4.99 Å². The van der Waals surface area contributed by atoms with Gasteiger partial charge in [-0.1, -0.05) is 41.2 Å². The van der Waals surface area contributed by atoms with Gasteiger partial charge in [0.1, 0.15) is 11.4 Å². The molecule has 1 unspecified atom stereocenters. The molecule has 240 valence electrons. The number of rotatable bonds is 7. The van der Waals surface area contributed by atoms with E-state index in [9.17, 15) is 35.9 Å². The number of alkyl halides is 6. The highest BCUT2D eigenvalue weighted by molar-refractivity contribution is 8.15. The summed E-state index contributed by atoms with van der Waals surface area (Å²) < 4.78 is 88.3. The van der Waals surface area contributed by atoms with Gasteiger partial charge < -0.3 is 14.8 Å². The molecule has 0 bridgehead atoms. The number of amides is 3. The number of aromatic nitrogens is 3. The lowest BCUT2D eigenvalue weighted by Crippen LogP contribution is -2.33. The van der Waals surface area contributed by atoms with Gasteiger partial charge in [-0.15, -0.1) is 18.3 Å².